The summed E-state index contributed by atoms with van der Waals surface area (Å²) in [5.41, 5.74) is 8.27. The van der Waals surface area contributed by atoms with Crippen LogP contribution in [0.15, 0.2) is 27.7 Å². The highest BCUT2D eigenvalue weighted by Gasteiger charge is 2.21. The quantitative estimate of drug-likeness (QED) is 0.859. The first-order valence-electron chi connectivity index (χ1n) is 6.26. The Balaban J connectivity index is 2.49. The summed E-state index contributed by atoms with van der Waals surface area (Å²) in [5, 5.41) is 4.12. The van der Waals surface area contributed by atoms with Crippen LogP contribution in [0, 0.1) is 13.8 Å². The molecule has 0 bridgehead atoms. The minimum Gasteiger partial charge on any atom is -0.326 e. The molecule has 0 saturated heterocycles. The van der Waals surface area contributed by atoms with E-state index in [1.807, 2.05) is 13.0 Å². The van der Waals surface area contributed by atoms with Gasteiger partial charge in [-0.2, -0.15) is 5.10 Å². The summed E-state index contributed by atoms with van der Waals surface area (Å²) in [6, 6.07) is 3.43. The summed E-state index contributed by atoms with van der Waals surface area (Å²) in [6.07, 6.45) is 1.63. The van der Waals surface area contributed by atoms with Gasteiger partial charge in [-0.25, -0.2) is 8.42 Å². The van der Waals surface area contributed by atoms with E-state index >= 15 is 0 Å². The zero-order valence-corrected chi connectivity index (χ0v) is 14.4. The number of anilines is 1. The molecule has 1 aromatic heterocycles. The van der Waals surface area contributed by atoms with Gasteiger partial charge < -0.3 is 5.73 Å². The molecule has 0 aliphatic carbocycles. The van der Waals surface area contributed by atoms with Crippen molar-refractivity contribution in [2.45, 2.75) is 25.3 Å². The van der Waals surface area contributed by atoms with E-state index in [0.29, 0.717) is 15.9 Å². The number of nitrogens with zero attached hydrogens (tertiary/aromatic N) is 2. The first kappa shape index (κ1) is 16.0. The summed E-state index contributed by atoms with van der Waals surface area (Å²) in [5.74, 6) is 0. The molecule has 0 fully saturated rings. The number of hydrogen-bond acceptors (Lipinski definition) is 4. The lowest BCUT2D eigenvalue weighted by Gasteiger charge is -2.12. The molecule has 0 amide bonds. The van der Waals surface area contributed by atoms with Crippen LogP contribution in [0.4, 0.5) is 5.69 Å². The second-order valence-corrected chi connectivity index (χ2v) is 7.28. The summed E-state index contributed by atoms with van der Waals surface area (Å²) in [7, 11) is -1.98. The summed E-state index contributed by atoms with van der Waals surface area (Å²) >= 11 is 3.34. The lowest BCUT2D eigenvalue weighted by molar-refractivity contribution is 0.600. The molecule has 0 unspecified atom stereocenters. The van der Waals surface area contributed by atoms with Gasteiger partial charge in [0.2, 0.25) is 0 Å². The summed E-state index contributed by atoms with van der Waals surface area (Å²) < 4.78 is 29.8. The number of halogens is 1. The molecule has 114 valence electrons. The highest BCUT2D eigenvalue weighted by Crippen LogP contribution is 2.29. The number of nitrogens with two attached hydrogens (primary N) is 1. The van der Waals surface area contributed by atoms with Gasteiger partial charge in [-0.05, 0) is 47.0 Å². The van der Waals surface area contributed by atoms with Crippen LogP contribution in [0.25, 0.3) is 0 Å². The van der Waals surface area contributed by atoms with Crippen molar-refractivity contribution >= 4 is 31.6 Å². The number of rotatable bonds is 4. The molecule has 21 heavy (non-hydrogen) atoms. The highest BCUT2D eigenvalue weighted by atomic mass is 79.9. The third kappa shape index (κ3) is 3.28. The Morgan fingerprint density at radius 2 is 2.05 bits per heavy atom. The van der Waals surface area contributed by atoms with Crippen molar-refractivity contribution in [1.29, 1.82) is 0 Å². The van der Waals surface area contributed by atoms with Crippen LogP contribution in [-0.4, -0.2) is 18.2 Å². The molecule has 0 spiro atoms. The molecule has 0 aliphatic heterocycles. The van der Waals surface area contributed by atoms with Crippen molar-refractivity contribution < 1.29 is 8.42 Å². The maximum atomic E-state index is 12.6. The normalized spacial score (nSPS) is 11.7. The van der Waals surface area contributed by atoms with E-state index in [0.717, 1.165) is 11.1 Å². The predicted octanol–water partition coefficient (Wildman–Crippen LogP) is 2.06. The number of aromatic nitrogens is 2. The van der Waals surface area contributed by atoms with Crippen LogP contribution in [-0.2, 0) is 23.6 Å². The fraction of sp³-hybridized carbons (Fsp3) is 0.308. The molecule has 0 atom stereocenters. The Bertz CT molecular complexity index is 784. The average Bonchev–Trinajstić information content (AvgIpc) is 2.70. The van der Waals surface area contributed by atoms with Gasteiger partial charge in [0.1, 0.15) is 4.90 Å². The molecular weight excluding hydrogens is 356 g/mol. The van der Waals surface area contributed by atoms with Crippen molar-refractivity contribution in [2.24, 2.45) is 12.8 Å². The standard InChI is InChI=1S/C13H17BrN4O2S/c1-8-4-10(6-15)5-12(13(8)14)21(19,20)17-11-7-18(3)16-9(11)2/h4-5,7,17H,6,15H2,1-3H3. The van der Waals surface area contributed by atoms with E-state index in [9.17, 15) is 8.42 Å². The Labute approximate surface area is 132 Å². The molecule has 1 aromatic carbocycles. The Morgan fingerprint density at radius 3 is 2.57 bits per heavy atom. The predicted molar refractivity (Wildman–Crippen MR) is 85.5 cm³/mol. The van der Waals surface area contributed by atoms with E-state index in [1.165, 1.54) is 0 Å². The van der Waals surface area contributed by atoms with Crippen LogP contribution in [0.2, 0.25) is 0 Å². The molecule has 2 rings (SSSR count). The van der Waals surface area contributed by atoms with E-state index in [4.69, 9.17) is 5.73 Å². The fourth-order valence-corrected chi connectivity index (χ4v) is 4.19. The van der Waals surface area contributed by atoms with Gasteiger partial charge in [0, 0.05) is 24.3 Å². The van der Waals surface area contributed by atoms with Gasteiger partial charge in [0.25, 0.3) is 10.0 Å². The molecule has 6 nitrogen and oxygen atoms in total. The van der Waals surface area contributed by atoms with Gasteiger partial charge in [-0.3, -0.25) is 9.40 Å². The lowest BCUT2D eigenvalue weighted by Crippen LogP contribution is -2.15. The minimum absolute atomic E-state index is 0.172. The number of hydrogen-bond donors (Lipinski definition) is 2. The van der Waals surface area contributed by atoms with Crippen molar-refractivity contribution in [2.75, 3.05) is 4.72 Å². The summed E-state index contributed by atoms with van der Waals surface area (Å²) in [6.45, 7) is 3.86. The van der Waals surface area contributed by atoms with Crippen molar-refractivity contribution in [3.05, 3.63) is 39.6 Å². The third-order valence-electron chi connectivity index (χ3n) is 3.06. The molecule has 0 aliphatic rings. The Hall–Kier alpha value is -1.38. The fourth-order valence-electron chi connectivity index (χ4n) is 2.02. The average molecular weight is 373 g/mol. The highest BCUT2D eigenvalue weighted by molar-refractivity contribution is 9.10. The van der Waals surface area contributed by atoms with Crippen molar-refractivity contribution in [1.82, 2.24) is 9.78 Å². The van der Waals surface area contributed by atoms with Gasteiger partial charge in [0.05, 0.1) is 11.4 Å². The largest absolute Gasteiger partial charge is 0.326 e. The number of nitrogens with one attached hydrogen (secondary N) is 1. The minimum atomic E-state index is -3.71. The van der Waals surface area contributed by atoms with E-state index in [1.54, 1.807) is 30.9 Å². The molecule has 3 N–H and O–H groups in total. The topological polar surface area (TPSA) is 90.0 Å². The van der Waals surface area contributed by atoms with Crippen LogP contribution in [0.5, 0.6) is 0 Å². The van der Waals surface area contributed by atoms with Crippen LogP contribution in [0.3, 0.4) is 0 Å². The zero-order valence-electron chi connectivity index (χ0n) is 12.0. The Kier molecular flexibility index (Phi) is 4.40. The van der Waals surface area contributed by atoms with Gasteiger partial charge in [-0.15, -0.1) is 0 Å². The first-order valence-corrected chi connectivity index (χ1v) is 8.54. The lowest BCUT2D eigenvalue weighted by atomic mass is 10.1. The van der Waals surface area contributed by atoms with Gasteiger partial charge in [0.15, 0.2) is 0 Å². The van der Waals surface area contributed by atoms with Crippen molar-refractivity contribution in [3.63, 3.8) is 0 Å². The third-order valence-corrected chi connectivity index (χ3v) is 5.77. The molecule has 1 heterocycles. The van der Waals surface area contributed by atoms with Crippen LogP contribution in [0.1, 0.15) is 16.8 Å². The zero-order chi connectivity index (χ0) is 15.8. The Morgan fingerprint density at radius 1 is 1.38 bits per heavy atom. The maximum absolute atomic E-state index is 12.6. The second-order valence-electron chi connectivity index (χ2n) is 4.84. The van der Waals surface area contributed by atoms with E-state index in [-0.39, 0.29) is 11.4 Å². The van der Waals surface area contributed by atoms with Gasteiger partial charge in [-0.1, -0.05) is 6.07 Å². The van der Waals surface area contributed by atoms with E-state index < -0.39 is 10.0 Å². The van der Waals surface area contributed by atoms with Gasteiger partial charge >= 0.3 is 0 Å². The number of aryl methyl sites for hydroxylation is 3. The second kappa shape index (κ2) is 5.78. The number of sulfonamides is 1. The smallest absolute Gasteiger partial charge is 0.263 e. The van der Waals surface area contributed by atoms with E-state index in [2.05, 4.69) is 25.8 Å². The summed E-state index contributed by atoms with van der Waals surface area (Å²) in [4.78, 5) is 0.172. The van der Waals surface area contributed by atoms with Crippen LogP contribution < -0.4 is 10.5 Å². The van der Waals surface area contributed by atoms with Crippen molar-refractivity contribution in [3.8, 4) is 0 Å². The SMILES string of the molecule is Cc1cc(CN)cc(S(=O)(=O)Nc2cn(C)nc2C)c1Br. The molecule has 2 aromatic rings. The first-order chi connectivity index (χ1) is 9.74. The molecule has 0 radical (unpaired) electrons. The molecular formula is C13H17BrN4O2S. The monoisotopic (exact) mass is 372 g/mol. The molecule has 0 saturated carbocycles. The van der Waals surface area contributed by atoms with Crippen LogP contribution >= 0.6 is 15.9 Å². The number of benzene rings is 1. The maximum Gasteiger partial charge on any atom is 0.263 e. The molecule has 8 heteroatoms.